The number of fused-ring (bicyclic) bond motifs is 6. The van der Waals surface area contributed by atoms with Crippen molar-refractivity contribution in [2.75, 3.05) is 26.3 Å². The third-order valence-corrected chi connectivity index (χ3v) is 12.9. The monoisotopic (exact) mass is 869 g/mol. The van der Waals surface area contributed by atoms with Crippen molar-refractivity contribution in [3.05, 3.63) is 115 Å². The van der Waals surface area contributed by atoms with Crippen molar-refractivity contribution in [3.63, 3.8) is 0 Å². The van der Waals surface area contributed by atoms with E-state index in [1.165, 1.54) is 70.2 Å². The molecule has 4 aromatic rings. The summed E-state index contributed by atoms with van der Waals surface area (Å²) in [4.78, 5) is 9.89. The van der Waals surface area contributed by atoms with Gasteiger partial charge in [-0.15, -0.1) is 0 Å². The first-order valence-electron chi connectivity index (χ1n) is 24.2. The number of phenols is 2. The quantitative estimate of drug-likeness (QED) is 0.162. The highest BCUT2D eigenvalue weighted by Crippen LogP contribution is 2.44. The van der Waals surface area contributed by atoms with E-state index in [1.54, 1.807) is 0 Å². The van der Waals surface area contributed by atoms with Crippen LogP contribution in [-0.4, -0.2) is 47.9 Å². The topological polar surface area (TPSA) is 83.6 Å². The molecule has 0 fully saturated rings. The Bertz CT molecular complexity index is 2110. The number of benzene rings is 4. The Morgan fingerprint density at radius 3 is 0.859 bits per heavy atom. The zero-order valence-corrected chi connectivity index (χ0v) is 42.1. The summed E-state index contributed by atoms with van der Waals surface area (Å²) in [7, 11) is 0. The first-order valence-corrected chi connectivity index (χ1v) is 24.2. The average Bonchev–Trinajstić information content (AvgIpc) is 3.13. The van der Waals surface area contributed by atoms with Crippen LogP contribution in [0.4, 0.5) is 0 Å². The second-order valence-corrected chi connectivity index (χ2v) is 23.2. The number of hydrogen-bond acceptors (Lipinski definition) is 6. The molecule has 346 valence electrons. The zero-order chi connectivity index (χ0) is 46.8. The summed E-state index contributed by atoms with van der Waals surface area (Å²) in [5, 5.41) is 23.5. The summed E-state index contributed by atoms with van der Waals surface area (Å²) in [5.41, 5.74) is 15.3. The fourth-order valence-corrected chi connectivity index (χ4v) is 10.9. The number of rotatable bonds is 0. The molecule has 10 bridgehead atoms. The van der Waals surface area contributed by atoms with Gasteiger partial charge in [-0.25, -0.2) is 0 Å². The summed E-state index contributed by atoms with van der Waals surface area (Å²) in [6, 6.07) is 17.0. The molecular formula is C58H80N2O4. The smallest absolute Gasteiger partial charge is 0.126 e. The van der Waals surface area contributed by atoms with Gasteiger partial charge in [0, 0.05) is 24.5 Å². The number of aromatic hydroxyl groups is 2. The Labute approximate surface area is 387 Å². The fourth-order valence-electron chi connectivity index (χ4n) is 10.9. The lowest BCUT2D eigenvalue weighted by molar-refractivity contribution is 0.374. The van der Waals surface area contributed by atoms with E-state index in [0.29, 0.717) is 38.9 Å². The van der Waals surface area contributed by atoms with Crippen molar-refractivity contribution in [2.45, 2.75) is 183 Å². The van der Waals surface area contributed by atoms with Gasteiger partial charge in [0.05, 0.1) is 0 Å². The highest BCUT2D eigenvalue weighted by molar-refractivity contribution is 5.84. The van der Waals surface area contributed by atoms with E-state index in [2.05, 4.69) is 121 Å². The predicted octanol–water partition coefficient (Wildman–Crippen LogP) is 14.0. The standard InChI is InChI=1S/C58H80N2O4/c1-37-35-63-49-31-43-23-39-27-47(61)29-41(51(39)55(3,4)5)25-45-33-50(64-36-38(2)60-22-20-18-16-15-17-19-21-59-37)34-46(54(45)58(12,13)14)26-42-30-48(62)28-40(52(42)56(6,7)8)24-44(32-49)53(43)57(9,10)11/h27-34,61-62H,15-26,35-36H2,1-14H3. The van der Waals surface area contributed by atoms with Crippen LogP contribution in [0.3, 0.4) is 0 Å². The SMILES string of the molecule is CC1=NCCCCCCCCN=C(C)COc2cc3c(C(C)(C)C)c(c2)Cc2cc(O)cc(c2C(C)(C)C)Cc2cc(cc(c2C(C)(C)C)Cc2cc(O)cc(c2C(C)(C)C)C3)OC1. The molecule has 64 heavy (non-hydrogen) atoms. The summed E-state index contributed by atoms with van der Waals surface area (Å²) in [6.07, 6.45) is 9.40. The van der Waals surface area contributed by atoms with E-state index in [-0.39, 0.29) is 33.2 Å². The second-order valence-electron chi connectivity index (χ2n) is 23.2. The Balaban J connectivity index is 1.72. The molecule has 2 N–H and O–H groups in total. The lowest BCUT2D eigenvalue weighted by Gasteiger charge is -2.33. The molecule has 1 aliphatic carbocycles. The Morgan fingerprint density at radius 1 is 0.375 bits per heavy atom. The van der Waals surface area contributed by atoms with E-state index < -0.39 is 0 Å². The summed E-state index contributed by atoms with van der Waals surface area (Å²) >= 11 is 0. The molecule has 0 radical (unpaired) electrons. The summed E-state index contributed by atoms with van der Waals surface area (Å²) < 4.78 is 13.5. The van der Waals surface area contributed by atoms with Crippen molar-refractivity contribution < 1.29 is 19.7 Å². The number of hydrogen-bond donors (Lipinski definition) is 2. The van der Waals surface area contributed by atoms with Crippen LogP contribution in [0, 0.1) is 0 Å². The molecule has 6 rings (SSSR count). The average molecular weight is 869 g/mol. The predicted molar refractivity (Wildman–Crippen MR) is 270 cm³/mol. The van der Waals surface area contributed by atoms with Gasteiger partial charge in [-0.3, -0.25) is 9.98 Å². The normalized spacial score (nSPS) is 16.6. The summed E-state index contributed by atoms with van der Waals surface area (Å²) in [6.45, 7) is 34.2. The highest BCUT2D eigenvalue weighted by Gasteiger charge is 2.32. The van der Waals surface area contributed by atoms with E-state index in [1.807, 2.05) is 24.3 Å². The molecule has 0 spiro atoms. The molecule has 0 saturated heterocycles. The number of aliphatic imine (C=N–C) groups is 2. The van der Waals surface area contributed by atoms with Crippen LogP contribution in [0.25, 0.3) is 0 Å². The van der Waals surface area contributed by atoms with Gasteiger partial charge in [0.2, 0.25) is 0 Å². The van der Waals surface area contributed by atoms with Gasteiger partial charge in [-0.2, -0.15) is 0 Å². The van der Waals surface area contributed by atoms with Crippen LogP contribution >= 0.6 is 0 Å². The fraction of sp³-hybridized carbons (Fsp3) is 0.552. The minimum absolute atomic E-state index is 0.229. The van der Waals surface area contributed by atoms with E-state index in [4.69, 9.17) is 19.5 Å². The van der Waals surface area contributed by atoms with Gasteiger partial charge >= 0.3 is 0 Å². The van der Waals surface area contributed by atoms with Crippen LogP contribution < -0.4 is 9.47 Å². The molecule has 1 aliphatic heterocycles. The van der Waals surface area contributed by atoms with Crippen LogP contribution in [0.5, 0.6) is 23.0 Å². The van der Waals surface area contributed by atoms with E-state index in [0.717, 1.165) is 71.1 Å². The number of phenolic OH excluding ortho intramolecular Hbond substituents is 2. The van der Waals surface area contributed by atoms with Crippen molar-refractivity contribution in [1.82, 2.24) is 0 Å². The van der Waals surface area contributed by atoms with Crippen LogP contribution in [0.2, 0.25) is 0 Å². The van der Waals surface area contributed by atoms with Gasteiger partial charge in [0.25, 0.3) is 0 Å². The molecule has 0 amide bonds. The van der Waals surface area contributed by atoms with E-state index >= 15 is 0 Å². The minimum Gasteiger partial charge on any atom is -0.508 e. The van der Waals surface area contributed by atoms with Crippen LogP contribution in [0.15, 0.2) is 58.5 Å². The lowest BCUT2D eigenvalue weighted by atomic mass is 9.71. The second kappa shape index (κ2) is 19.5. The maximum absolute atomic E-state index is 11.7. The van der Waals surface area contributed by atoms with Gasteiger partial charge in [-0.05, 0) is 189 Å². The first-order chi connectivity index (χ1) is 29.9. The Hall–Kier alpha value is -4.58. The van der Waals surface area contributed by atoms with Crippen molar-refractivity contribution in [3.8, 4) is 23.0 Å². The van der Waals surface area contributed by atoms with Crippen molar-refractivity contribution in [2.24, 2.45) is 9.98 Å². The third kappa shape index (κ3) is 12.2. The third-order valence-electron chi connectivity index (χ3n) is 12.9. The maximum Gasteiger partial charge on any atom is 0.126 e. The molecule has 2 aliphatic rings. The number of nitrogens with zero attached hydrogens (tertiary/aromatic N) is 2. The highest BCUT2D eigenvalue weighted by atomic mass is 16.5. The molecule has 0 aromatic heterocycles. The van der Waals surface area contributed by atoms with Crippen molar-refractivity contribution in [1.29, 1.82) is 0 Å². The molecular weight excluding hydrogens is 789 g/mol. The van der Waals surface area contributed by atoms with Gasteiger partial charge in [0.15, 0.2) is 0 Å². The number of ether oxygens (including phenoxy) is 2. The largest absolute Gasteiger partial charge is 0.508 e. The van der Waals surface area contributed by atoms with Gasteiger partial charge in [0.1, 0.15) is 36.2 Å². The Morgan fingerprint density at radius 2 is 0.609 bits per heavy atom. The van der Waals surface area contributed by atoms with Crippen LogP contribution in [-0.2, 0) is 47.3 Å². The minimum atomic E-state index is -0.235. The molecule has 0 atom stereocenters. The summed E-state index contributed by atoms with van der Waals surface area (Å²) in [5.74, 6) is 2.18. The van der Waals surface area contributed by atoms with Gasteiger partial charge in [-0.1, -0.05) is 109 Å². The lowest BCUT2D eigenvalue weighted by Crippen LogP contribution is -2.24. The molecule has 6 nitrogen and oxygen atoms in total. The zero-order valence-electron chi connectivity index (χ0n) is 42.1. The molecule has 0 unspecified atom stereocenters. The Kier molecular flexibility index (Phi) is 14.9. The van der Waals surface area contributed by atoms with Crippen molar-refractivity contribution >= 4 is 11.4 Å². The molecule has 1 heterocycles. The van der Waals surface area contributed by atoms with Gasteiger partial charge < -0.3 is 19.7 Å². The maximum atomic E-state index is 11.7. The molecule has 4 aromatic carbocycles. The molecule has 0 saturated carbocycles. The molecule has 6 heteroatoms. The first kappa shape index (κ1) is 48.9. The van der Waals surface area contributed by atoms with Crippen LogP contribution in [0.1, 0.15) is 202 Å². The van der Waals surface area contributed by atoms with E-state index in [9.17, 15) is 10.2 Å².